The number of aromatic nitrogens is 4. The van der Waals surface area contributed by atoms with Gasteiger partial charge in [-0.15, -0.1) is 0 Å². The second-order valence-corrected chi connectivity index (χ2v) is 9.64. The smallest absolute Gasteiger partial charge is 0.404 e. The number of carboxylic acid groups (broad SMARTS) is 1. The highest BCUT2D eigenvalue weighted by molar-refractivity contribution is 5.77. The molecule has 204 valence electrons. The predicted octanol–water partition coefficient (Wildman–Crippen LogP) is 5.56. The van der Waals surface area contributed by atoms with E-state index in [2.05, 4.69) is 15.2 Å². The quantitative estimate of drug-likeness (QED) is 0.313. The van der Waals surface area contributed by atoms with Crippen molar-refractivity contribution >= 4 is 5.97 Å². The molecular formula is C28H28F3N5O3. The Balaban J connectivity index is 1.33. The summed E-state index contributed by atoms with van der Waals surface area (Å²) in [6.07, 6.45) is -2.32. The first-order valence-corrected chi connectivity index (χ1v) is 12.8. The van der Waals surface area contributed by atoms with Crippen molar-refractivity contribution in [2.75, 3.05) is 13.1 Å². The number of nitrogens with zero attached hydrogens (tertiary/aromatic N) is 5. The third-order valence-electron chi connectivity index (χ3n) is 7.14. The number of carbonyl (C=O) groups is 1. The summed E-state index contributed by atoms with van der Waals surface area (Å²) >= 11 is 0. The van der Waals surface area contributed by atoms with Crippen LogP contribution in [-0.4, -0.2) is 61.2 Å². The van der Waals surface area contributed by atoms with Gasteiger partial charge >= 0.3 is 12.1 Å². The van der Waals surface area contributed by atoms with Crippen LogP contribution < -0.4 is 0 Å². The zero-order valence-electron chi connectivity index (χ0n) is 21.3. The Hall–Kier alpha value is -3.99. The number of hydrogen-bond acceptors (Lipinski definition) is 6. The van der Waals surface area contributed by atoms with Gasteiger partial charge in [0.05, 0.1) is 5.92 Å². The molecule has 0 amide bonds. The van der Waals surface area contributed by atoms with Crippen LogP contribution in [0.2, 0.25) is 0 Å². The molecule has 1 aliphatic rings. The fourth-order valence-corrected chi connectivity index (χ4v) is 4.93. The normalized spacial score (nSPS) is 15.9. The van der Waals surface area contributed by atoms with Gasteiger partial charge in [-0.25, -0.2) is 0 Å². The predicted molar refractivity (Wildman–Crippen MR) is 138 cm³/mol. The summed E-state index contributed by atoms with van der Waals surface area (Å²) in [5.41, 5.74) is 3.49. The van der Waals surface area contributed by atoms with Gasteiger partial charge in [-0.1, -0.05) is 59.8 Å². The highest BCUT2D eigenvalue weighted by atomic mass is 19.4. The summed E-state index contributed by atoms with van der Waals surface area (Å²) in [6, 6.07) is 14.7. The second kappa shape index (κ2) is 11.0. The Bertz CT molecular complexity index is 1410. The maximum atomic E-state index is 13.9. The summed E-state index contributed by atoms with van der Waals surface area (Å²) in [5, 5.41) is 17.8. The van der Waals surface area contributed by atoms with Crippen molar-refractivity contribution in [2.45, 2.75) is 44.9 Å². The van der Waals surface area contributed by atoms with Gasteiger partial charge in [0, 0.05) is 23.9 Å². The molecule has 1 saturated heterocycles. The lowest BCUT2D eigenvalue weighted by atomic mass is 9.94. The summed E-state index contributed by atoms with van der Waals surface area (Å²) in [7, 11) is 0. The zero-order chi connectivity index (χ0) is 27.6. The van der Waals surface area contributed by atoms with Gasteiger partial charge in [0.25, 0.3) is 5.89 Å². The minimum absolute atomic E-state index is 0.101. The maximum Gasteiger partial charge on any atom is 0.404 e. The second-order valence-electron chi connectivity index (χ2n) is 9.64. The third kappa shape index (κ3) is 5.88. The first-order chi connectivity index (χ1) is 18.7. The molecule has 8 nitrogen and oxygen atoms in total. The van der Waals surface area contributed by atoms with Crippen LogP contribution in [0.3, 0.4) is 0 Å². The van der Waals surface area contributed by atoms with Crippen LogP contribution >= 0.6 is 0 Å². The average molecular weight is 540 g/mol. The van der Waals surface area contributed by atoms with Crippen LogP contribution in [0.4, 0.5) is 13.2 Å². The summed E-state index contributed by atoms with van der Waals surface area (Å²) < 4.78 is 49.1. The maximum absolute atomic E-state index is 13.9. The van der Waals surface area contributed by atoms with Crippen LogP contribution in [0.1, 0.15) is 25.3 Å². The number of hydrogen-bond donors (Lipinski definition) is 1. The molecule has 39 heavy (non-hydrogen) atoms. The van der Waals surface area contributed by atoms with E-state index >= 15 is 0 Å². The molecule has 1 atom stereocenters. The van der Waals surface area contributed by atoms with Gasteiger partial charge < -0.3 is 9.63 Å². The highest BCUT2D eigenvalue weighted by Gasteiger charge is 2.44. The van der Waals surface area contributed by atoms with Crippen molar-refractivity contribution in [3.05, 3.63) is 66.4 Å². The number of likely N-dealkylation sites (tertiary alicyclic amines) is 1. The van der Waals surface area contributed by atoms with Crippen LogP contribution in [-0.2, 0) is 17.8 Å². The van der Waals surface area contributed by atoms with Crippen LogP contribution in [0.25, 0.3) is 34.1 Å². The number of aliphatic carboxylic acids is 1. The topological polar surface area (TPSA) is 97.3 Å². The van der Waals surface area contributed by atoms with E-state index in [9.17, 15) is 18.0 Å². The molecule has 4 aromatic rings. The molecule has 1 unspecified atom stereocenters. The number of carboxylic acids is 1. The minimum Gasteiger partial charge on any atom is -0.481 e. The molecule has 2 aromatic heterocycles. The van der Waals surface area contributed by atoms with E-state index in [1.54, 1.807) is 28.9 Å². The van der Waals surface area contributed by atoms with Crippen LogP contribution in [0.15, 0.2) is 65.3 Å². The molecule has 0 saturated carbocycles. The van der Waals surface area contributed by atoms with Gasteiger partial charge in [-0.3, -0.25) is 14.4 Å². The lowest BCUT2D eigenvalue weighted by Crippen LogP contribution is -2.50. The van der Waals surface area contributed by atoms with Crippen molar-refractivity contribution < 1.29 is 27.6 Å². The van der Waals surface area contributed by atoms with Gasteiger partial charge in [-0.2, -0.15) is 23.3 Å². The Morgan fingerprint density at radius 3 is 2.38 bits per heavy atom. The molecule has 2 aromatic carbocycles. The van der Waals surface area contributed by atoms with E-state index in [4.69, 9.17) is 9.63 Å². The van der Waals surface area contributed by atoms with Gasteiger partial charge in [0.1, 0.15) is 6.04 Å². The molecule has 0 spiro atoms. The molecular weight excluding hydrogens is 511 g/mol. The molecule has 5 rings (SSSR count). The van der Waals surface area contributed by atoms with Gasteiger partial charge in [-0.05, 0) is 50.4 Å². The van der Waals surface area contributed by atoms with Crippen molar-refractivity contribution in [2.24, 2.45) is 5.92 Å². The molecule has 3 heterocycles. The molecule has 0 aliphatic carbocycles. The molecule has 11 heteroatoms. The molecule has 0 radical (unpaired) electrons. The number of benzene rings is 2. The van der Waals surface area contributed by atoms with Crippen molar-refractivity contribution in [3.8, 4) is 34.1 Å². The Morgan fingerprint density at radius 1 is 1.08 bits per heavy atom. The van der Waals surface area contributed by atoms with Crippen molar-refractivity contribution in [1.29, 1.82) is 0 Å². The van der Waals surface area contributed by atoms with E-state index in [1.807, 2.05) is 43.5 Å². The van der Waals surface area contributed by atoms with Crippen molar-refractivity contribution in [1.82, 2.24) is 24.8 Å². The van der Waals surface area contributed by atoms with Gasteiger partial charge in [0.15, 0.2) is 5.69 Å². The van der Waals surface area contributed by atoms with Gasteiger partial charge in [0.2, 0.25) is 5.82 Å². The van der Waals surface area contributed by atoms with E-state index < -0.39 is 24.1 Å². The molecule has 0 bridgehead atoms. The summed E-state index contributed by atoms with van der Waals surface area (Å²) in [6.45, 7) is 2.85. The number of halogens is 3. The third-order valence-corrected chi connectivity index (χ3v) is 7.14. The fraction of sp³-hybridized carbons (Fsp3) is 0.357. The SMILES string of the molecule is CCn1cc(-c2ccccc2)c(-c2nc(-c3ccc(CC(N4CCC(C(=O)O)CC4)C(F)(F)F)cc3)no2)n1. The summed E-state index contributed by atoms with van der Waals surface area (Å²) in [4.78, 5) is 17.0. The van der Waals surface area contributed by atoms with Crippen LogP contribution in [0, 0.1) is 5.92 Å². The van der Waals surface area contributed by atoms with Crippen LogP contribution in [0.5, 0.6) is 0 Å². The Kier molecular flexibility index (Phi) is 7.51. The highest BCUT2D eigenvalue weighted by Crippen LogP contribution is 2.33. The fourth-order valence-electron chi connectivity index (χ4n) is 4.93. The zero-order valence-corrected chi connectivity index (χ0v) is 21.3. The molecule has 1 N–H and O–H groups in total. The molecule has 1 aliphatic heterocycles. The number of alkyl halides is 3. The first kappa shape index (κ1) is 26.6. The van der Waals surface area contributed by atoms with E-state index in [-0.39, 0.29) is 38.2 Å². The van der Waals surface area contributed by atoms with E-state index in [1.165, 1.54) is 4.90 Å². The molecule has 1 fully saturated rings. The number of rotatable bonds is 8. The number of piperidine rings is 1. The minimum atomic E-state index is -4.43. The van der Waals surface area contributed by atoms with E-state index in [0.717, 1.165) is 11.1 Å². The van der Waals surface area contributed by atoms with Crippen molar-refractivity contribution in [3.63, 3.8) is 0 Å². The Morgan fingerprint density at radius 2 is 1.77 bits per heavy atom. The standard InChI is InChI=1S/C28H28F3N5O3/c1-2-36-17-22(19-6-4-3-5-7-19)24(33-36)26-32-25(34-39-26)20-10-8-18(9-11-20)16-23(28(29,30)31)35-14-12-21(13-15-35)27(37)38/h3-11,17,21,23H,2,12-16H2,1H3,(H,37,38). The number of aryl methyl sites for hydroxylation is 1. The monoisotopic (exact) mass is 539 g/mol. The van der Waals surface area contributed by atoms with E-state index in [0.29, 0.717) is 29.2 Å². The Labute approximate surface area is 223 Å². The first-order valence-electron chi connectivity index (χ1n) is 12.8. The lowest BCUT2D eigenvalue weighted by Gasteiger charge is -2.37. The average Bonchev–Trinajstić information content (AvgIpc) is 3.60. The lowest BCUT2D eigenvalue weighted by molar-refractivity contribution is -0.187. The summed E-state index contributed by atoms with van der Waals surface area (Å²) in [5.74, 6) is -0.978. The largest absolute Gasteiger partial charge is 0.481 e.